The van der Waals surface area contributed by atoms with Gasteiger partial charge in [0.1, 0.15) is 18.9 Å². The third-order valence-electron chi connectivity index (χ3n) is 6.37. The van der Waals surface area contributed by atoms with E-state index in [2.05, 4.69) is 4.18 Å². The molecule has 0 aromatic carbocycles. The third kappa shape index (κ3) is 13.3. The summed E-state index contributed by atoms with van der Waals surface area (Å²) in [6.07, 6.45) is -12.1. The predicted molar refractivity (Wildman–Crippen MR) is 149 cm³/mol. The number of ether oxygens (including phenoxy) is 8. The molecule has 0 aromatic heterocycles. The Morgan fingerprint density at radius 3 is 1.14 bits per heavy atom. The van der Waals surface area contributed by atoms with Crippen molar-refractivity contribution < 1.29 is 96.8 Å². The van der Waals surface area contributed by atoms with Crippen molar-refractivity contribution in [2.24, 2.45) is 0 Å². The molecule has 0 aliphatic carbocycles. The first-order valence-electron chi connectivity index (χ1n) is 14.3. The van der Waals surface area contributed by atoms with Crippen molar-refractivity contribution in [3.63, 3.8) is 0 Å². The average Bonchev–Trinajstić information content (AvgIpc) is 2.93. The Hall–Kier alpha value is -3.63. The molecule has 2 saturated heterocycles. The molecule has 2 heterocycles. The van der Waals surface area contributed by atoms with E-state index in [0.717, 1.165) is 34.6 Å². The lowest BCUT2D eigenvalue weighted by molar-refractivity contribution is -0.247. The number of alkyl halides is 4. The van der Waals surface area contributed by atoms with E-state index in [-0.39, 0.29) is 0 Å². The topological polar surface area (TPSA) is 220 Å². The summed E-state index contributed by atoms with van der Waals surface area (Å²) < 4.78 is 117. The summed E-state index contributed by atoms with van der Waals surface area (Å²) in [6.45, 7) is 7.21. The van der Waals surface area contributed by atoms with E-state index in [9.17, 15) is 54.7 Å². The number of rotatable bonds is 10. The van der Waals surface area contributed by atoms with Gasteiger partial charge in [-0.2, -0.15) is 21.6 Å². The number of esters is 6. The van der Waals surface area contributed by atoms with Crippen LogP contribution in [0.5, 0.6) is 0 Å². The van der Waals surface area contributed by atoms with Crippen LogP contribution in [0.4, 0.5) is 17.6 Å². The van der Waals surface area contributed by atoms with E-state index in [1.54, 1.807) is 6.92 Å². The number of carbonyl (C=O) groups excluding carboxylic acids is 6. The molecule has 0 radical (unpaired) electrons. The van der Waals surface area contributed by atoms with Crippen LogP contribution in [0.2, 0.25) is 0 Å². The van der Waals surface area contributed by atoms with Crippen LogP contribution in [0, 0.1) is 0 Å². The molecule has 2 aliphatic heterocycles. The smallest absolute Gasteiger partial charge is 0.456 e. The van der Waals surface area contributed by atoms with E-state index < -0.39 is 126 Å². The molecule has 10 atom stereocenters. The van der Waals surface area contributed by atoms with Crippen molar-refractivity contribution in [1.82, 2.24) is 0 Å². The summed E-state index contributed by atoms with van der Waals surface area (Å²) >= 11 is 0. The van der Waals surface area contributed by atoms with Gasteiger partial charge in [-0.3, -0.25) is 33.0 Å². The van der Waals surface area contributed by atoms with Gasteiger partial charge in [-0.15, -0.1) is 0 Å². The van der Waals surface area contributed by atoms with Gasteiger partial charge >= 0.3 is 51.4 Å². The molecule has 0 aromatic rings. The van der Waals surface area contributed by atoms with Crippen molar-refractivity contribution in [3.05, 3.63) is 0 Å². The molecule has 2 fully saturated rings. The molecular formula is C27H38F4O17S. The van der Waals surface area contributed by atoms with Crippen molar-refractivity contribution in [2.75, 3.05) is 13.3 Å². The molecule has 17 nitrogen and oxygen atoms in total. The Morgan fingerprint density at radius 1 is 0.551 bits per heavy atom. The van der Waals surface area contributed by atoms with Crippen LogP contribution in [0.25, 0.3) is 0 Å². The highest BCUT2D eigenvalue weighted by atomic mass is 32.2. The monoisotopic (exact) mass is 742 g/mol. The van der Waals surface area contributed by atoms with Crippen LogP contribution >= 0.6 is 0 Å². The van der Waals surface area contributed by atoms with Crippen LogP contribution in [0.3, 0.4) is 0 Å². The summed E-state index contributed by atoms with van der Waals surface area (Å²) in [7, 11) is -5.95. The molecule has 0 amide bonds. The maximum atomic E-state index is 13.1. The molecule has 0 saturated carbocycles. The largest absolute Gasteiger partial charge is 0.523 e. The minimum Gasteiger partial charge on any atom is -0.456 e. The van der Waals surface area contributed by atoms with Gasteiger partial charge in [0.15, 0.2) is 36.6 Å². The van der Waals surface area contributed by atoms with Crippen molar-refractivity contribution in [1.29, 1.82) is 0 Å². The maximum Gasteiger partial charge on any atom is 0.523 e. The zero-order valence-corrected chi connectivity index (χ0v) is 28.4. The molecule has 2 rings (SSSR count). The van der Waals surface area contributed by atoms with E-state index in [0.29, 0.717) is 0 Å². The van der Waals surface area contributed by atoms with Crippen LogP contribution in [-0.2, 0) is 81.0 Å². The molecule has 2 aliphatic rings. The van der Waals surface area contributed by atoms with Crippen LogP contribution in [0.15, 0.2) is 0 Å². The van der Waals surface area contributed by atoms with Crippen LogP contribution < -0.4 is 0 Å². The van der Waals surface area contributed by atoms with Gasteiger partial charge in [0.2, 0.25) is 0 Å². The number of halogens is 4. The fraction of sp³-hybridized carbons (Fsp3) is 0.778. The van der Waals surface area contributed by atoms with Gasteiger partial charge < -0.3 is 37.9 Å². The highest BCUT2D eigenvalue weighted by Gasteiger charge is 2.53. The number of hydrogen-bond acceptors (Lipinski definition) is 17. The molecule has 6 unspecified atom stereocenters. The molecule has 0 spiro atoms. The quantitative estimate of drug-likeness (QED) is 0.100. The zero-order chi connectivity index (χ0) is 38.0. The summed E-state index contributed by atoms with van der Waals surface area (Å²) in [4.78, 5) is 67.7. The van der Waals surface area contributed by atoms with E-state index in [1.165, 1.54) is 13.8 Å². The minimum atomic E-state index is -5.95. The summed E-state index contributed by atoms with van der Waals surface area (Å²) in [6, 6.07) is 0. The van der Waals surface area contributed by atoms with E-state index in [1.807, 2.05) is 0 Å². The summed E-state index contributed by atoms with van der Waals surface area (Å²) in [5.41, 5.74) is -5.68. The molecule has 282 valence electrons. The lowest BCUT2D eigenvalue weighted by Gasteiger charge is -2.43. The van der Waals surface area contributed by atoms with Crippen LogP contribution in [0.1, 0.15) is 55.4 Å². The van der Waals surface area contributed by atoms with Crippen LogP contribution in [-0.4, -0.2) is 124 Å². The Balaban J connectivity index is 0.000000510. The first-order valence-corrected chi connectivity index (χ1v) is 15.7. The Labute approximate surface area is 278 Å². The van der Waals surface area contributed by atoms with Gasteiger partial charge in [-0.1, -0.05) is 0 Å². The molecule has 22 heteroatoms. The molecular weight excluding hydrogens is 704 g/mol. The Kier molecular flexibility index (Phi) is 16.3. The van der Waals surface area contributed by atoms with Crippen molar-refractivity contribution in [3.8, 4) is 0 Å². The lowest BCUT2D eigenvalue weighted by atomic mass is 9.95. The van der Waals surface area contributed by atoms with Gasteiger partial charge in [0.05, 0.1) is 18.8 Å². The van der Waals surface area contributed by atoms with Gasteiger partial charge in [0.25, 0.3) is 0 Å². The second-order valence-electron chi connectivity index (χ2n) is 10.5. The average molecular weight is 743 g/mol. The first kappa shape index (κ1) is 43.4. The fourth-order valence-corrected chi connectivity index (χ4v) is 5.15. The Morgan fingerprint density at radius 2 is 0.837 bits per heavy atom. The summed E-state index contributed by atoms with van der Waals surface area (Å²) in [5.74, 6) is -4.58. The highest BCUT2D eigenvalue weighted by molar-refractivity contribution is 7.87. The maximum absolute atomic E-state index is 13.1. The van der Waals surface area contributed by atoms with Crippen molar-refractivity contribution >= 4 is 45.9 Å². The summed E-state index contributed by atoms with van der Waals surface area (Å²) in [5, 5.41) is 0. The predicted octanol–water partition coefficient (Wildman–Crippen LogP) is 0.973. The minimum absolute atomic E-state index is 0.618. The zero-order valence-electron chi connectivity index (χ0n) is 27.5. The SMILES string of the molecule is CC(=O)OC1[C@H](OC(C)=O)C(C)OC(CF)[C@@H]1OC(C)=O.CC(=O)OC1[C@H](OC(C)=O)C(C)OC(COS(=O)(=O)C(F)(F)F)[C@@H]1OC(C)=O. The number of hydrogen-bond donors (Lipinski definition) is 0. The second kappa shape index (κ2) is 18.4. The van der Waals surface area contributed by atoms with E-state index >= 15 is 0 Å². The normalized spacial score (nSPS) is 30.0. The molecule has 49 heavy (non-hydrogen) atoms. The standard InChI is InChI=1S/C14H19F3O10S.C13H19FO7/c1-6-11(25-7(2)18)13(27-9(4)20)12(26-8(3)19)10(24-6)5-23-28(21,22)14(15,16)17;1-6-11(19-7(2)15)13(21-9(4)17)12(20-8(3)16)10(5-14)18-6/h6,10-13H,5H2,1-4H3;6,10-13H,5H2,1-4H3/t2*6?,10?,11-,12+,13?/m11/s1. The van der Waals surface area contributed by atoms with E-state index in [4.69, 9.17) is 37.9 Å². The molecule has 0 N–H and O–H groups in total. The van der Waals surface area contributed by atoms with Gasteiger partial charge in [0, 0.05) is 41.5 Å². The van der Waals surface area contributed by atoms with Crippen molar-refractivity contribution in [2.45, 2.75) is 122 Å². The second-order valence-corrected chi connectivity index (χ2v) is 12.1. The first-order chi connectivity index (χ1) is 22.4. The Bertz CT molecular complexity index is 1310. The fourth-order valence-electron chi connectivity index (χ4n) is 4.70. The number of carbonyl (C=O) groups is 6. The van der Waals surface area contributed by atoms with Gasteiger partial charge in [-0.25, -0.2) is 4.39 Å². The lowest BCUT2D eigenvalue weighted by Crippen LogP contribution is -2.61. The molecule has 0 bridgehead atoms. The third-order valence-corrected chi connectivity index (χ3v) is 7.38. The van der Waals surface area contributed by atoms with Gasteiger partial charge in [-0.05, 0) is 13.8 Å². The highest BCUT2D eigenvalue weighted by Crippen LogP contribution is 2.31.